The van der Waals surface area contributed by atoms with Crippen LogP contribution in [0, 0.1) is 11.3 Å². The van der Waals surface area contributed by atoms with Gasteiger partial charge in [0.2, 0.25) is 59.1 Å². The maximum Gasteiger partial charge on any atom is 0.321 e. The molecule has 1 fully saturated rings. The lowest BCUT2D eigenvalue weighted by Gasteiger charge is -2.27. The minimum absolute atomic E-state index is 0.0540. The van der Waals surface area contributed by atoms with Gasteiger partial charge in [0.1, 0.15) is 59.8 Å². The minimum Gasteiger partial charge on any atom is -0.508 e. The van der Waals surface area contributed by atoms with Crippen LogP contribution in [0.3, 0.4) is 0 Å². The molecule has 2 aromatic carbocycles. The van der Waals surface area contributed by atoms with Crippen LogP contribution >= 0.6 is 11.8 Å². The Morgan fingerprint density at radius 2 is 1.07 bits per heavy atom. The lowest BCUT2D eigenvalue weighted by atomic mass is 10.0. The van der Waals surface area contributed by atoms with E-state index in [1.165, 1.54) is 55.6 Å². The number of aromatic hydroxyl groups is 2. The number of guanidine groups is 1. The highest BCUT2D eigenvalue weighted by atomic mass is 32.2. The molecule has 3 rings (SSSR count). The van der Waals surface area contributed by atoms with E-state index in [1.807, 2.05) is 13.8 Å². The number of amides is 10. The van der Waals surface area contributed by atoms with Crippen molar-refractivity contribution in [2.24, 2.45) is 17.4 Å². The molecule has 10 amide bonds. The Balaban J connectivity index is 1.76. The van der Waals surface area contributed by atoms with Crippen molar-refractivity contribution in [1.82, 2.24) is 52.8 Å². The zero-order valence-electron chi connectivity index (χ0n) is 46.9. The van der Waals surface area contributed by atoms with Gasteiger partial charge in [0.05, 0.1) is 25.1 Å². The molecule has 0 radical (unpaired) electrons. The van der Waals surface area contributed by atoms with E-state index in [9.17, 15) is 78.3 Å². The van der Waals surface area contributed by atoms with Gasteiger partial charge in [-0.3, -0.25) is 63.0 Å². The van der Waals surface area contributed by atoms with Gasteiger partial charge >= 0.3 is 5.97 Å². The van der Waals surface area contributed by atoms with E-state index in [2.05, 4.69) is 47.9 Å². The van der Waals surface area contributed by atoms with Crippen LogP contribution in [0.5, 0.6) is 11.5 Å². The molecule has 9 unspecified atom stereocenters. The number of phenolic OH excluding ortho intramolecular Hbond substituents is 2. The second-order valence-electron chi connectivity index (χ2n) is 20.2. The molecule has 1 saturated heterocycles. The number of carboxylic acids is 1. The summed E-state index contributed by atoms with van der Waals surface area (Å²) < 4.78 is 0. The fourth-order valence-corrected chi connectivity index (χ4v) is 9.47. The number of thioether (sulfide) groups is 1. The summed E-state index contributed by atoms with van der Waals surface area (Å²) in [5.74, 6) is -10.4. The summed E-state index contributed by atoms with van der Waals surface area (Å²) in [4.78, 5) is 146. The zero-order valence-corrected chi connectivity index (χ0v) is 47.7. The van der Waals surface area contributed by atoms with Gasteiger partial charge in [-0.1, -0.05) is 44.5 Å². The van der Waals surface area contributed by atoms with Crippen LogP contribution in [-0.2, 0) is 65.6 Å². The second-order valence-corrected chi connectivity index (χ2v) is 21.4. The quantitative estimate of drug-likeness (QED) is 0.0131. The van der Waals surface area contributed by atoms with Crippen LogP contribution in [0.15, 0.2) is 48.5 Å². The fourth-order valence-electron chi connectivity index (χ4n) is 8.35. The summed E-state index contributed by atoms with van der Waals surface area (Å²) in [5.41, 5.74) is 11.6. The summed E-state index contributed by atoms with van der Waals surface area (Å²) in [7, 11) is 1.37. The number of aliphatic carboxylic acids is 1. The van der Waals surface area contributed by atoms with E-state index in [0.717, 1.165) is 16.7 Å². The maximum absolute atomic E-state index is 14.4. The molecule has 84 heavy (non-hydrogen) atoms. The van der Waals surface area contributed by atoms with Crippen molar-refractivity contribution in [3.63, 3.8) is 0 Å². The number of hydrogen-bond acceptors (Lipinski definition) is 19. The van der Waals surface area contributed by atoms with Crippen LogP contribution in [0.1, 0.15) is 76.3 Å². The molecule has 0 aromatic heterocycles. The number of aliphatic hydroxyl groups is 3. The molecule has 0 bridgehead atoms. The monoisotopic (exact) mass is 1200 g/mol. The third-order valence-electron chi connectivity index (χ3n) is 13.0. The molecule has 0 aliphatic carbocycles. The molecule has 30 nitrogen and oxygen atoms in total. The number of imide groups is 1. The van der Waals surface area contributed by atoms with Crippen molar-refractivity contribution in [2.75, 3.05) is 45.7 Å². The van der Waals surface area contributed by atoms with Gasteiger partial charge in [-0.2, -0.15) is 0 Å². The molecule has 1 heterocycles. The Hall–Kier alpha value is -8.13. The topological polar surface area (TPSA) is 497 Å². The van der Waals surface area contributed by atoms with Gasteiger partial charge in [0, 0.05) is 51.6 Å². The van der Waals surface area contributed by atoms with Crippen LogP contribution in [0.4, 0.5) is 0 Å². The number of carboxylic acid groups (broad SMARTS) is 1. The number of carbonyl (C=O) groups is 11. The summed E-state index contributed by atoms with van der Waals surface area (Å²) in [6, 6.07) is -1.17. The molecular weight excluding hydrogens is 1120 g/mol. The Bertz CT molecular complexity index is 2600. The average molecular weight is 1200 g/mol. The highest BCUT2D eigenvalue weighted by molar-refractivity contribution is 8.00. The molecule has 2 aromatic rings. The maximum atomic E-state index is 14.4. The first kappa shape index (κ1) is 70.1. The van der Waals surface area contributed by atoms with E-state index in [-0.39, 0.29) is 93.6 Å². The number of nitrogens with two attached hydrogens (primary N) is 2. The number of benzene rings is 2. The summed E-state index contributed by atoms with van der Waals surface area (Å²) in [6.45, 7) is 0.655. The molecule has 20 N–H and O–H groups in total. The minimum atomic E-state index is -1.87. The SMILES string of the molecule is CNC(=O)C(CC(C)C)NC(=O)C(CO)NC(=O)C(Cc1ccc(O)cc1)NC(=O)C(Cc1ccc(O)cc1)NC(=O)C(CO)NC(=O)C(CO)NC(=O)C(CCCNC(=N)N)NC(=O)CCCCCN1C(=O)CC(SCC(N)C(=O)O)C1=O. The number of phenols is 2. The lowest BCUT2D eigenvalue weighted by molar-refractivity contribution is -0.139. The lowest BCUT2D eigenvalue weighted by Crippen LogP contribution is -2.61. The van der Waals surface area contributed by atoms with Gasteiger partial charge < -0.3 is 90.0 Å². The van der Waals surface area contributed by atoms with Crippen molar-refractivity contribution >= 4 is 82.8 Å². The van der Waals surface area contributed by atoms with Gasteiger partial charge in [-0.15, -0.1) is 11.8 Å². The Kier molecular flexibility index (Phi) is 29.9. The third-order valence-corrected chi connectivity index (χ3v) is 14.3. The van der Waals surface area contributed by atoms with Crippen molar-refractivity contribution in [1.29, 1.82) is 5.41 Å². The number of likely N-dealkylation sites (tertiary alicyclic amines) is 1. The molecular formula is C53H79N13O17S. The molecule has 0 spiro atoms. The van der Waals surface area contributed by atoms with Crippen LogP contribution in [0.2, 0.25) is 0 Å². The standard InChI is InChI=1S/C53H79N13O17S/c1-28(2)20-35(44(74)57-3)60-48(78)38(24-67)64-47(77)37(22-30-12-16-32(71)17-13-30)61-46(76)36(21-29-10-14-31(70)15-11-29)62-49(79)39(25-68)65-50(80)40(26-69)63-45(75)34(8-7-18-58-53(55)56)59-42(72)9-5-4-6-19-66-43(73)23-41(51(66)81)84-27-33(54)52(82)83/h10-17,28,33-41,67-71H,4-9,18-27,54H2,1-3H3,(H,57,74)(H,59,72)(H,60,78)(H,61,76)(H,62,79)(H,63,75)(H,64,77)(H,65,80)(H,82,83)(H4,55,56,58). The van der Waals surface area contributed by atoms with E-state index < -0.39 is 138 Å². The first-order valence-electron chi connectivity index (χ1n) is 27.0. The summed E-state index contributed by atoms with van der Waals surface area (Å²) in [6.07, 6.45) is 0.367. The van der Waals surface area contributed by atoms with Crippen LogP contribution in [-0.4, -0.2) is 206 Å². The first-order valence-corrected chi connectivity index (χ1v) is 28.1. The van der Waals surface area contributed by atoms with E-state index in [4.69, 9.17) is 22.0 Å². The number of unbranched alkanes of at least 4 members (excludes halogenated alkanes) is 2. The number of carbonyl (C=O) groups excluding carboxylic acids is 10. The Morgan fingerprint density at radius 1 is 0.631 bits per heavy atom. The number of nitrogens with zero attached hydrogens (tertiary/aromatic N) is 1. The van der Waals surface area contributed by atoms with Crippen LogP contribution in [0.25, 0.3) is 0 Å². The second kappa shape index (κ2) is 35.8. The number of rotatable bonds is 37. The number of likely N-dealkylation sites (N-methyl/N-ethyl adjacent to an activating group) is 1. The van der Waals surface area contributed by atoms with Crippen LogP contribution < -0.4 is 59.3 Å². The highest BCUT2D eigenvalue weighted by Gasteiger charge is 2.39. The van der Waals surface area contributed by atoms with E-state index in [1.54, 1.807) is 0 Å². The zero-order chi connectivity index (χ0) is 62.6. The predicted molar refractivity (Wildman–Crippen MR) is 303 cm³/mol. The van der Waals surface area contributed by atoms with Crippen molar-refractivity contribution in [3.8, 4) is 11.5 Å². The predicted octanol–water partition coefficient (Wildman–Crippen LogP) is -4.86. The first-order chi connectivity index (χ1) is 39.8. The van der Waals surface area contributed by atoms with Gasteiger partial charge in [-0.05, 0) is 73.4 Å². The molecule has 31 heteroatoms. The van der Waals surface area contributed by atoms with Crippen molar-refractivity contribution in [3.05, 3.63) is 59.7 Å². The Morgan fingerprint density at radius 3 is 1.50 bits per heavy atom. The highest BCUT2D eigenvalue weighted by Crippen LogP contribution is 2.26. The number of nitrogens with one attached hydrogen (secondary N) is 10. The molecule has 1 aliphatic rings. The fraction of sp³-hybridized carbons (Fsp3) is 0.547. The van der Waals surface area contributed by atoms with E-state index in [0.29, 0.717) is 24.0 Å². The van der Waals surface area contributed by atoms with Gasteiger partial charge in [-0.25, -0.2) is 0 Å². The summed E-state index contributed by atoms with van der Waals surface area (Å²) in [5, 5.41) is 88.5. The summed E-state index contributed by atoms with van der Waals surface area (Å²) >= 11 is 0.984. The Labute approximate surface area is 488 Å². The van der Waals surface area contributed by atoms with Crippen molar-refractivity contribution in [2.45, 2.75) is 132 Å². The van der Waals surface area contributed by atoms with Crippen molar-refractivity contribution < 1.29 is 83.4 Å². The molecule has 464 valence electrons. The third kappa shape index (κ3) is 24.0. The normalized spacial score (nSPS) is 15.9. The molecule has 9 atom stereocenters. The molecule has 0 saturated carbocycles. The number of hydrogen-bond donors (Lipinski definition) is 18. The largest absolute Gasteiger partial charge is 0.508 e. The number of aliphatic hydroxyl groups excluding tert-OH is 3. The van der Waals surface area contributed by atoms with E-state index >= 15 is 0 Å². The van der Waals surface area contributed by atoms with Gasteiger partial charge in [0.25, 0.3) is 0 Å². The smallest absolute Gasteiger partial charge is 0.321 e. The molecule has 1 aliphatic heterocycles. The average Bonchev–Trinajstić information content (AvgIpc) is 3.57. The van der Waals surface area contributed by atoms with Gasteiger partial charge in [0.15, 0.2) is 5.96 Å².